The molecule has 21 heavy (non-hydrogen) atoms. The molecule has 0 aromatic carbocycles. The fraction of sp³-hybridized carbons (Fsp3) is 0.714. The first-order valence-corrected chi connectivity index (χ1v) is 10.0. The molecule has 0 aliphatic heterocycles. The molecule has 0 bridgehead atoms. The van der Waals surface area contributed by atoms with Gasteiger partial charge in [0.2, 0.25) is 10.0 Å². The molecule has 1 atom stereocenters. The molecule has 122 valence electrons. The minimum Gasteiger partial charge on any atom is -0.346 e. The standard InChI is InChI=1S/C14H27N3O2S2/c1-11(2)17-9-14(6-13(17)8-15-4)21(18,19)16-7-12(3)10-20-5/h6,9,11-12,15-16H,7-8,10H2,1-5H3. The van der Waals surface area contributed by atoms with E-state index in [2.05, 4.69) is 10.0 Å². The van der Waals surface area contributed by atoms with Gasteiger partial charge in [0.15, 0.2) is 0 Å². The third kappa shape index (κ3) is 5.32. The van der Waals surface area contributed by atoms with E-state index >= 15 is 0 Å². The van der Waals surface area contributed by atoms with Crippen LogP contribution in [0, 0.1) is 5.92 Å². The van der Waals surface area contributed by atoms with E-state index in [4.69, 9.17) is 0 Å². The SMILES string of the molecule is CNCc1cc(S(=O)(=O)NCC(C)CSC)cn1C(C)C. The molecule has 1 heterocycles. The van der Waals surface area contributed by atoms with Gasteiger partial charge >= 0.3 is 0 Å². The average molecular weight is 334 g/mol. The third-order valence-electron chi connectivity index (χ3n) is 3.20. The van der Waals surface area contributed by atoms with Crippen molar-refractivity contribution in [3.63, 3.8) is 0 Å². The Balaban J connectivity index is 2.90. The van der Waals surface area contributed by atoms with Gasteiger partial charge in [0, 0.05) is 31.0 Å². The number of aromatic nitrogens is 1. The van der Waals surface area contributed by atoms with E-state index in [-0.39, 0.29) is 6.04 Å². The largest absolute Gasteiger partial charge is 0.346 e. The van der Waals surface area contributed by atoms with Gasteiger partial charge in [-0.15, -0.1) is 0 Å². The van der Waals surface area contributed by atoms with Crippen LogP contribution in [0.3, 0.4) is 0 Å². The first-order chi connectivity index (χ1) is 9.81. The zero-order valence-electron chi connectivity index (χ0n) is 13.5. The van der Waals surface area contributed by atoms with Crippen LogP contribution in [0.1, 0.15) is 32.5 Å². The number of nitrogens with zero attached hydrogens (tertiary/aromatic N) is 1. The minimum absolute atomic E-state index is 0.229. The van der Waals surface area contributed by atoms with Gasteiger partial charge in [0.25, 0.3) is 0 Å². The summed E-state index contributed by atoms with van der Waals surface area (Å²) in [5.74, 6) is 1.26. The van der Waals surface area contributed by atoms with E-state index in [0.29, 0.717) is 23.9 Å². The van der Waals surface area contributed by atoms with Crippen LogP contribution in [-0.4, -0.2) is 38.6 Å². The number of hydrogen-bond donors (Lipinski definition) is 2. The average Bonchev–Trinajstić information content (AvgIpc) is 2.82. The Bertz CT molecular complexity index is 538. The molecule has 0 saturated carbocycles. The van der Waals surface area contributed by atoms with Crippen molar-refractivity contribution < 1.29 is 8.42 Å². The molecule has 0 aliphatic rings. The van der Waals surface area contributed by atoms with E-state index in [9.17, 15) is 8.42 Å². The zero-order chi connectivity index (χ0) is 16.0. The number of rotatable bonds is 9. The first-order valence-electron chi connectivity index (χ1n) is 7.15. The predicted molar refractivity (Wildman–Crippen MR) is 90.3 cm³/mol. The second-order valence-electron chi connectivity index (χ2n) is 5.61. The summed E-state index contributed by atoms with van der Waals surface area (Å²) in [7, 11) is -1.58. The normalized spacial score (nSPS) is 13.8. The van der Waals surface area contributed by atoms with Gasteiger partial charge in [-0.3, -0.25) is 0 Å². The minimum atomic E-state index is -3.44. The lowest BCUT2D eigenvalue weighted by Crippen LogP contribution is -2.29. The summed E-state index contributed by atoms with van der Waals surface area (Å²) in [5.41, 5.74) is 0.977. The Hall–Kier alpha value is -0.500. The predicted octanol–water partition coefficient (Wildman–Crippen LogP) is 2.07. The fourth-order valence-electron chi connectivity index (χ4n) is 2.13. The van der Waals surface area contributed by atoms with E-state index in [1.165, 1.54) is 0 Å². The summed E-state index contributed by atoms with van der Waals surface area (Å²) in [6.45, 7) is 7.26. The smallest absolute Gasteiger partial charge is 0.242 e. The van der Waals surface area contributed by atoms with Crippen molar-refractivity contribution >= 4 is 21.8 Å². The van der Waals surface area contributed by atoms with Crippen molar-refractivity contribution in [2.75, 3.05) is 25.6 Å². The first kappa shape index (κ1) is 18.5. The Morgan fingerprint density at radius 3 is 2.52 bits per heavy atom. The highest BCUT2D eigenvalue weighted by atomic mass is 32.2. The molecule has 7 heteroatoms. The highest BCUT2D eigenvalue weighted by Crippen LogP contribution is 2.19. The van der Waals surface area contributed by atoms with E-state index in [1.54, 1.807) is 24.0 Å². The zero-order valence-corrected chi connectivity index (χ0v) is 15.1. The molecule has 1 aromatic rings. The van der Waals surface area contributed by atoms with Gasteiger partial charge in [-0.25, -0.2) is 13.1 Å². The third-order valence-corrected chi connectivity index (χ3v) is 5.50. The fourth-order valence-corrected chi connectivity index (χ4v) is 4.03. The van der Waals surface area contributed by atoms with Gasteiger partial charge in [-0.2, -0.15) is 11.8 Å². The van der Waals surface area contributed by atoms with Gasteiger partial charge < -0.3 is 9.88 Å². The molecular formula is C14H27N3O2S2. The van der Waals surface area contributed by atoms with Gasteiger partial charge in [-0.05, 0) is 44.9 Å². The van der Waals surface area contributed by atoms with Crippen LogP contribution in [-0.2, 0) is 16.6 Å². The van der Waals surface area contributed by atoms with Gasteiger partial charge in [0.05, 0.1) is 4.90 Å². The van der Waals surface area contributed by atoms with Crippen molar-refractivity contribution in [1.82, 2.24) is 14.6 Å². The van der Waals surface area contributed by atoms with Crippen molar-refractivity contribution in [3.05, 3.63) is 18.0 Å². The molecule has 2 N–H and O–H groups in total. The molecule has 1 aromatic heterocycles. The Morgan fingerprint density at radius 2 is 2.00 bits per heavy atom. The Labute approximate surface area is 132 Å². The summed E-state index contributed by atoms with van der Waals surface area (Å²) in [6, 6.07) is 1.98. The van der Waals surface area contributed by atoms with Crippen LogP contribution in [0.5, 0.6) is 0 Å². The lowest BCUT2D eigenvalue weighted by atomic mass is 10.2. The molecule has 0 spiro atoms. The van der Waals surface area contributed by atoms with E-state index in [0.717, 1.165) is 11.4 Å². The molecule has 0 saturated heterocycles. The number of hydrogen-bond acceptors (Lipinski definition) is 4. The molecule has 1 rings (SSSR count). The van der Waals surface area contributed by atoms with Crippen LogP contribution < -0.4 is 10.0 Å². The van der Waals surface area contributed by atoms with Crippen LogP contribution in [0.25, 0.3) is 0 Å². The molecule has 0 radical (unpaired) electrons. The highest BCUT2D eigenvalue weighted by molar-refractivity contribution is 7.98. The summed E-state index contributed by atoms with van der Waals surface area (Å²) < 4.78 is 29.5. The lowest BCUT2D eigenvalue weighted by Gasteiger charge is -2.12. The van der Waals surface area contributed by atoms with Crippen LogP contribution in [0.4, 0.5) is 0 Å². The van der Waals surface area contributed by atoms with Gasteiger partial charge in [0.1, 0.15) is 0 Å². The summed E-state index contributed by atoms with van der Waals surface area (Å²) in [6.07, 6.45) is 3.75. The monoisotopic (exact) mass is 333 g/mol. The highest BCUT2D eigenvalue weighted by Gasteiger charge is 2.19. The molecular weight excluding hydrogens is 306 g/mol. The summed E-state index contributed by atoms with van der Waals surface area (Å²) >= 11 is 1.73. The second kappa shape index (κ2) is 8.22. The van der Waals surface area contributed by atoms with E-state index in [1.807, 2.05) is 38.6 Å². The van der Waals surface area contributed by atoms with Crippen molar-refractivity contribution in [2.24, 2.45) is 5.92 Å². The molecule has 5 nitrogen and oxygen atoms in total. The van der Waals surface area contributed by atoms with Crippen LogP contribution in [0.15, 0.2) is 17.2 Å². The molecule has 0 fully saturated rings. The van der Waals surface area contributed by atoms with E-state index < -0.39 is 10.0 Å². The van der Waals surface area contributed by atoms with Crippen LogP contribution in [0.2, 0.25) is 0 Å². The molecule has 0 amide bonds. The number of sulfonamides is 1. The molecule has 0 aliphatic carbocycles. The maximum absolute atomic E-state index is 12.4. The number of thioether (sulfide) groups is 1. The maximum atomic E-state index is 12.4. The van der Waals surface area contributed by atoms with Crippen LogP contribution >= 0.6 is 11.8 Å². The van der Waals surface area contributed by atoms with Gasteiger partial charge in [-0.1, -0.05) is 6.92 Å². The topological polar surface area (TPSA) is 63.1 Å². The van der Waals surface area contributed by atoms with Crippen molar-refractivity contribution in [1.29, 1.82) is 0 Å². The molecule has 1 unspecified atom stereocenters. The maximum Gasteiger partial charge on any atom is 0.242 e. The van der Waals surface area contributed by atoms with Crippen molar-refractivity contribution in [3.8, 4) is 0 Å². The summed E-state index contributed by atoms with van der Waals surface area (Å²) in [4.78, 5) is 0.345. The number of nitrogens with one attached hydrogen (secondary N) is 2. The Kier molecular flexibility index (Phi) is 7.26. The van der Waals surface area contributed by atoms with Crippen molar-refractivity contribution in [2.45, 2.75) is 38.3 Å². The summed E-state index contributed by atoms with van der Waals surface area (Å²) in [5, 5.41) is 3.07. The lowest BCUT2D eigenvalue weighted by molar-refractivity contribution is 0.556. The Morgan fingerprint density at radius 1 is 1.33 bits per heavy atom. The second-order valence-corrected chi connectivity index (χ2v) is 8.29. The quantitative estimate of drug-likeness (QED) is 0.726.